The summed E-state index contributed by atoms with van der Waals surface area (Å²) in [6.45, 7) is 5.77. The number of carbonyl (C=O) groups is 2. The van der Waals surface area contributed by atoms with Crippen LogP contribution in [0.3, 0.4) is 0 Å². The van der Waals surface area contributed by atoms with Crippen LogP contribution in [-0.2, 0) is 9.59 Å². The molecule has 0 rings (SSSR count). The molecule has 0 saturated heterocycles. The van der Waals surface area contributed by atoms with Crippen molar-refractivity contribution in [3.05, 3.63) is 0 Å². The minimum atomic E-state index is -0.948. The molecule has 0 aromatic heterocycles. The maximum absolute atomic E-state index is 11.6. The van der Waals surface area contributed by atoms with Crippen molar-refractivity contribution in [2.45, 2.75) is 52.5 Å². The van der Waals surface area contributed by atoms with Gasteiger partial charge in [-0.15, -0.1) is 0 Å². The lowest BCUT2D eigenvalue weighted by atomic mass is 10.0. The highest BCUT2D eigenvalue weighted by molar-refractivity contribution is 5.84. The van der Waals surface area contributed by atoms with Crippen LogP contribution in [-0.4, -0.2) is 23.0 Å². The molecule has 15 heavy (non-hydrogen) atoms. The number of aliphatic carboxylic acids is 1. The molecule has 1 amide bonds. The Kier molecular flexibility index (Phi) is 6.75. The summed E-state index contributed by atoms with van der Waals surface area (Å²) in [6, 6.07) is -0.733. The van der Waals surface area contributed by atoms with Crippen LogP contribution in [0.2, 0.25) is 0 Å². The van der Waals surface area contributed by atoms with Crippen molar-refractivity contribution in [2.75, 3.05) is 0 Å². The molecule has 0 fully saturated rings. The van der Waals surface area contributed by atoms with Gasteiger partial charge in [-0.1, -0.05) is 27.2 Å². The SMILES string of the molecule is CCC[C@H](NC(=O)C(CC)CC)C(=O)O. The standard InChI is InChI=1S/C11H21NO3/c1-4-7-9(11(14)15)12-10(13)8(5-2)6-3/h8-9H,4-7H2,1-3H3,(H,12,13)(H,14,15)/t9-/m0/s1. The number of carboxylic acids is 1. The van der Waals surface area contributed by atoms with Crippen molar-refractivity contribution in [2.24, 2.45) is 5.92 Å². The Morgan fingerprint density at radius 3 is 2.07 bits per heavy atom. The quantitative estimate of drug-likeness (QED) is 0.680. The Bertz CT molecular complexity index is 212. The van der Waals surface area contributed by atoms with Crippen molar-refractivity contribution < 1.29 is 14.7 Å². The van der Waals surface area contributed by atoms with E-state index >= 15 is 0 Å². The summed E-state index contributed by atoms with van der Waals surface area (Å²) >= 11 is 0. The van der Waals surface area contributed by atoms with Gasteiger partial charge in [0.1, 0.15) is 6.04 Å². The smallest absolute Gasteiger partial charge is 0.326 e. The van der Waals surface area contributed by atoms with E-state index < -0.39 is 12.0 Å². The van der Waals surface area contributed by atoms with Gasteiger partial charge in [0, 0.05) is 5.92 Å². The Labute approximate surface area is 91.1 Å². The summed E-state index contributed by atoms with van der Waals surface area (Å²) in [5.41, 5.74) is 0. The van der Waals surface area contributed by atoms with Gasteiger partial charge in [-0.2, -0.15) is 0 Å². The summed E-state index contributed by atoms with van der Waals surface area (Å²) in [5, 5.41) is 11.4. The molecule has 0 radical (unpaired) electrons. The Balaban J connectivity index is 4.27. The van der Waals surface area contributed by atoms with Gasteiger partial charge in [-0.3, -0.25) is 4.79 Å². The molecule has 0 aliphatic rings. The van der Waals surface area contributed by atoms with Crippen molar-refractivity contribution >= 4 is 11.9 Å². The zero-order valence-corrected chi connectivity index (χ0v) is 9.75. The van der Waals surface area contributed by atoms with E-state index in [1.807, 2.05) is 20.8 Å². The lowest BCUT2D eigenvalue weighted by Crippen LogP contribution is -2.43. The average molecular weight is 215 g/mol. The molecule has 0 unspecified atom stereocenters. The van der Waals surface area contributed by atoms with Crippen LogP contribution in [0, 0.1) is 5.92 Å². The van der Waals surface area contributed by atoms with Gasteiger partial charge in [0.05, 0.1) is 0 Å². The van der Waals surface area contributed by atoms with Crippen LogP contribution in [0.15, 0.2) is 0 Å². The molecule has 0 aromatic rings. The molecule has 0 heterocycles. The van der Waals surface area contributed by atoms with Crippen molar-refractivity contribution in [1.82, 2.24) is 5.32 Å². The van der Waals surface area contributed by atoms with Gasteiger partial charge >= 0.3 is 5.97 Å². The summed E-state index contributed by atoms with van der Waals surface area (Å²) in [7, 11) is 0. The van der Waals surface area contributed by atoms with Crippen molar-refractivity contribution in [3.63, 3.8) is 0 Å². The lowest BCUT2D eigenvalue weighted by Gasteiger charge is -2.17. The zero-order chi connectivity index (χ0) is 11.8. The van der Waals surface area contributed by atoms with Gasteiger partial charge < -0.3 is 10.4 Å². The largest absolute Gasteiger partial charge is 0.480 e. The molecule has 0 aliphatic heterocycles. The number of hydrogen-bond donors (Lipinski definition) is 2. The Morgan fingerprint density at radius 2 is 1.73 bits per heavy atom. The van der Waals surface area contributed by atoms with E-state index in [0.29, 0.717) is 6.42 Å². The maximum atomic E-state index is 11.6. The van der Waals surface area contributed by atoms with Gasteiger partial charge in [0.25, 0.3) is 0 Å². The van der Waals surface area contributed by atoms with E-state index in [2.05, 4.69) is 5.32 Å². The average Bonchev–Trinajstić information content (AvgIpc) is 2.18. The number of nitrogens with one attached hydrogen (secondary N) is 1. The summed E-state index contributed by atoms with van der Waals surface area (Å²) in [5.74, 6) is -1.15. The molecule has 2 N–H and O–H groups in total. The third kappa shape index (κ3) is 4.81. The third-order valence-corrected chi connectivity index (χ3v) is 2.55. The van der Waals surface area contributed by atoms with E-state index in [9.17, 15) is 9.59 Å². The first-order chi connectivity index (χ1) is 7.06. The molecular weight excluding hydrogens is 194 g/mol. The van der Waals surface area contributed by atoms with E-state index in [-0.39, 0.29) is 11.8 Å². The molecule has 0 aromatic carbocycles. The number of hydrogen-bond acceptors (Lipinski definition) is 2. The van der Waals surface area contributed by atoms with E-state index in [0.717, 1.165) is 19.3 Å². The first-order valence-electron chi connectivity index (χ1n) is 5.59. The highest BCUT2D eigenvalue weighted by Gasteiger charge is 2.22. The monoisotopic (exact) mass is 215 g/mol. The molecule has 88 valence electrons. The summed E-state index contributed by atoms with van der Waals surface area (Å²) in [4.78, 5) is 22.4. The first-order valence-corrected chi connectivity index (χ1v) is 5.59. The lowest BCUT2D eigenvalue weighted by molar-refractivity contribution is -0.142. The fourth-order valence-electron chi connectivity index (χ4n) is 1.50. The molecule has 0 bridgehead atoms. The number of amides is 1. The van der Waals surface area contributed by atoms with E-state index in [1.54, 1.807) is 0 Å². The minimum Gasteiger partial charge on any atom is -0.480 e. The molecular formula is C11H21NO3. The fraction of sp³-hybridized carbons (Fsp3) is 0.818. The normalized spacial score (nSPS) is 12.5. The van der Waals surface area contributed by atoms with Gasteiger partial charge in [0.15, 0.2) is 0 Å². The highest BCUT2D eigenvalue weighted by atomic mass is 16.4. The molecule has 1 atom stereocenters. The van der Waals surface area contributed by atoms with Crippen molar-refractivity contribution in [1.29, 1.82) is 0 Å². The fourth-order valence-corrected chi connectivity index (χ4v) is 1.50. The molecule has 4 nitrogen and oxygen atoms in total. The highest BCUT2D eigenvalue weighted by Crippen LogP contribution is 2.08. The van der Waals surface area contributed by atoms with Crippen LogP contribution < -0.4 is 5.32 Å². The second-order valence-corrected chi connectivity index (χ2v) is 3.70. The van der Waals surface area contributed by atoms with Gasteiger partial charge in [-0.25, -0.2) is 4.79 Å². The van der Waals surface area contributed by atoms with Gasteiger partial charge in [-0.05, 0) is 19.3 Å². The summed E-state index contributed by atoms with van der Waals surface area (Å²) in [6.07, 6.45) is 2.74. The van der Waals surface area contributed by atoms with E-state index in [4.69, 9.17) is 5.11 Å². The molecule has 4 heteroatoms. The molecule has 0 spiro atoms. The first kappa shape index (κ1) is 13.9. The number of carboxylic acid groups (broad SMARTS) is 1. The van der Waals surface area contributed by atoms with E-state index in [1.165, 1.54) is 0 Å². The molecule has 0 aliphatic carbocycles. The van der Waals surface area contributed by atoms with Gasteiger partial charge in [0.2, 0.25) is 5.91 Å². The zero-order valence-electron chi connectivity index (χ0n) is 9.75. The van der Waals surface area contributed by atoms with Crippen LogP contribution in [0.4, 0.5) is 0 Å². The number of rotatable bonds is 7. The predicted molar refractivity (Wildman–Crippen MR) is 58.5 cm³/mol. The molecule has 0 saturated carbocycles. The summed E-state index contributed by atoms with van der Waals surface area (Å²) < 4.78 is 0. The predicted octanol–water partition coefficient (Wildman–Crippen LogP) is 1.79. The van der Waals surface area contributed by atoms with Crippen LogP contribution in [0.25, 0.3) is 0 Å². The topological polar surface area (TPSA) is 66.4 Å². The van der Waals surface area contributed by atoms with Crippen LogP contribution in [0.1, 0.15) is 46.5 Å². The minimum absolute atomic E-state index is 0.0660. The number of carbonyl (C=O) groups excluding carboxylic acids is 1. The third-order valence-electron chi connectivity index (χ3n) is 2.55. The Morgan fingerprint density at radius 1 is 1.20 bits per heavy atom. The van der Waals surface area contributed by atoms with Crippen molar-refractivity contribution in [3.8, 4) is 0 Å². The maximum Gasteiger partial charge on any atom is 0.326 e. The van der Waals surface area contributed by atoms with Crippen LogP contribution in [0.5, 0.6) is 0 Å². The second kappa shape index (κ2) is 7.26. The van der Waals surface area contributed by atoms with Crippen LogP contribution >= 0.6 is 0 Å². The Hall–Kier alpha value is -1.06. The second-order valence-electron chi connectivity index (χ2n) is 3.70.